The van der Waals surface area contributed by atoms with Gasteiger partial charge in [-0.15, -0.1) is 0 Å². The lowest BCUT2D eigenvalue weighted by Crippen LogP contribution is -2.06. The van der Waals surface area contributed by atoms with Crippen LogP contribution in [0, 0.1) is 0 Å². The molecule has 0 bridgehead atoms. The molecule has 0 aliphatic heterocycles. The standard InChI is InChI=1S/C15H15N3O/c16-8-2-10-19-13-7-6-12-5-4-11-3-1-9-17-14(11)15(12)18-13/h1,3-7,9H,2,8,10,16H2. The van der Waals surface area contributed by atoms with Crippen LogP contribution >= 0.6 is 0 Å². The molecule has 2 aromatic heterocycles. The van der Waals surface area contributed by atoms with Crippen LogP contribution in [0.15, 0.2) is 42.6 Å². The van der Waals surface area contributed by atoms with Gasteiger partial charge < -0.3 is 10.5 Å². The van der Waals surface area contributed by atoms with Gasteiger partial charge in [0.2, 0.25) is 5.88 Å². The predicted molar refractivity (Wildman–Crippen MR) is 76.2 cm³/mol. The Hall–Kier alpha value is -2.20. The number of benzene rings is 1. The summed E-state index contributed by atoms with van der Waals surface area (Å²) in [5.74, 6) is 0.624. The van der Waals surface area contributed by atoms with Crippen molar-refractivity contribution in [2.24, 2.45) is 5.73 Å². The van der Waals surface area contributed by atoms with Gasteiger partial charge in [-0.3, -0.25) is 4.98 Å². The SMILES string of the molecule is NCCCOc1ccc2ccc3cccnc3c2n1. The highest BCUT2D eigenvalue weighted by Crippen LogP contribution is 2.24. The van der Waals surface area contributed by atoms with E-state index in [0.717, 1.165) is 28.2 Å². The van der Waals surface area contributed by atoms with E-state index in [9.17, 15) is 0 Å². The van der Waals surface area contributed by atoms with Crippen molar-refractivity contribution in [1.29, 1.82) is 0 Å². The lowest BCUT2D eigenvalue weighted by Gasteiger charge is -2.07. The van der Waals surface area contributed by atoms with E-state index >= 15 is 0 Å². The molecule has 0 saturated heterocycles. The van der Waals surface area contributed by atoms with Gasteiger partial charge in [-0.25, -0.2) is 4.98 Å². The van der Waals surface area contributed by atoms with Crippen LogP contribution < -0.4 is 10.5 Å². The maximum Gasteiger partial charge on any atom is 0.213 e. The minimum Gasteiger partial charge on any atom is -0.478 e. The molecular weight excluding hydrogens is 238 g/mol. The highest BCUT2D eigenvalue weighted by molar-refractivity contribution is 6.02. The number of nitrogens with zero attached hydrogens (tertiary/aromatic N) is 2. The van der Waals surface area contributed by atoms with Crippen LogP contribution in [0.5, 0.6) is 5.88 Å². The van der Waals surface area contributed by atoms with Crippen LogP contribution in [-0.2, 0) is 0 Å². The fraction of sp³-hybridized carbons (Fsp3) is 0.200. The second-order valence-corrected chi connectivity index (χ2v) is 4.35. The molecule has 2 N–H and O–H groups in total. The van der Waals surface area contributed by atoms with Crippen LogP contribution in [-0.4, -0.2) is 23.1 Å². The third kappa shape index (κ3) is 2.35. The zero-order valence-corrected chi connectivity index (χ0v) is 10.5. The largest absolute Gasteiger partial charge is 0.478 e. The number of hydrogen-bond donors (Lipinski definition) is 1. The van der Waals surface area contributed by atoms with Gasteiger partial charge in [0.15, 0.2) is 0 Å². The van der Waals surface area contributed by atoms with Crippen molar-refractivity contribution >= 4 is 21.8 Å². The van der Waals surface area contributed by atoms with Gasteiger partial charge in [-0.1, -0.05) is 18.2 Å². The molecule has 2 heterocycles. The molecule has 0 atom stereocenters. The minimum absolute atomic E-state index is 0.590. The molecule has 3 aromatic rings. The van der Waals surface area contributed by atoms with E-state index in [1.165, 1.54) is 0 Å². The number of ether oxygens (including phenoxy) is 1. The first-order chi connectivity index (χ1) is 9.38. The summed E-state index contributed by atoms with van der Waals surface area (Å²) in [5, 5.41) is 2.15. The Bertz CT molecular complexity index is 712. The summed E-state index contributed by atoms with van der Waals surface area (Å²) in [4.78, 5) is 8.96. The summed E-state index contributed by atoms with van der Waals surface area (Å²) < 4.78 is 5.58. The number of hydrogen-bond acceptors (Lipinski definition) is 4. The molecule has 1 aromatic carbocycles. The summed E-state index contributed by atoms with van der Waals surface area (Å²) in [7, 11) is 0. The van der Waals surface area contributed by atoms with Crippen molar-refractivity contribution < 1.29 is 4.74 Å². The summed E-state index contributed by atoms with van der Waals surface area (Å²) in [6.07, 6.45) is 2.61. The van der Waals surface area contributed by atoms with E-state index in [4.69, 9.17) is 10.5 Å². The number of nitrogens with two attached hydrogens (primary N) is 1. The highest BCUT2D eigenvalue weighted by atomic mass is 16.5. The molecule has 4 nitrogen and oxygen atoms in total. The second kappa shape index (κ2) is 5.20. The maximum atomic E-state index is 5.58. The van der Waals surface area contributed by atoms with E-state index < -0.39 is 0 Å². The Balaban J connectivity index is 2.07. The molecule has 3 rings (SSSR count). The lowest BCUT2D eigenvalue weighted by molar-refractivity contribution is 0.303. The first-order valence-corrected chi connectivity index (χ1v) is 6.36. The molecule has 96 valence electrons. The summed E-state index contributed by atoms with van der Waals surface area (Å²) in [6, 6.07) is 12.0. The molecule has 19 heavy (non-hydrogen) atoms. The normalized spacial score (nSPS) is 11.0. The molecule has 0 radical (unpaired) electrons. The Morgan fingerprint density at radius 1 is 1.00 bits per heavy atom. The zero-order valence-electron chi connectivity index (χ0n) is 10.5. The summed E-state index contributed by atoms with van der Waals surface area (Å²) >= 11 is 0. The van der Waals surface area contributed by atoms with Crippen molar-refractivity contribution in [1.82, 2.24) is 9.97 Å². The van der Waals surface area contributed by atoms with Gasteiger partial charge in [-0.05, 0) is 25.1 Å². The molecular formula is C15H15N3O. The van der Waals surface area contributed by atoms with Crippen LogP contribution in [0.1, 0.15) is 6.42 Å². The second-order valence-electron chi connectivity index (χ2n) is 4.35. The first-order valence-electron chi connectivity index (χ1n) is 6.36. The van der Waals surface area contributed by atoms with Gasteiger partial charge >= 0.3 is 0 Å². The molecule has 0 amide bonds. The molecule has 0 saturated carbocycles. The smallest absolute Gasteiger partial charge is 0.213 e. The molecule has 0 fully saturated rings. The number of pyridine rings is 2. The van der Waals surface area contributed by atoms with Crippen LogP contribution in [0.2, 0.25) is 0 Å². The third-order valence-electron chi connectivity index (χ3n) is 3.00. The van der Waals surface area contributed by atoms with Crippen molar-refractivity contribution in [3.63, 3.8) is 0 Å². The average Bonchev–Trinajstić information content (AvgIpc) is 2.47. The van der Waals surface area contributed by atoms with Crippen LogP contribution in [0.4, 0.5) is 0 Å². The molecule has 0 aliphatic carbocycles. The van der Waals surface area contributed by atoms with E-state index in [1.807, 2.05) is 24.3 Å². The van der Waals surface area contributed by atoms with E-state index in [-0.39, 0.29) is 0 Å². The van der Waals surface area contributed by atoms with Crippen LogP contribution in [0.3, 0.4) is 0 Å². The number of aromatic nitrogens is 2. The number of fused-ring (bicyclic) bond motifs is 3. The van der Waals surface area contributed by atoms with Gasteiger partial charge in [0.25, 0.3) is 0 Å². The quantitative estimate of drug-likeness (QED) is 0.573. The summed E-state index contributed by atoms with van der Waals surface area (Å²) in [5.41, 5.74) is 7.23. The van der Waals surface area contributed by atoms with Gasteiger partial charge in [0.05, 0.1) is 12.1 Å². The van der Waals surface area contributed by atoms with Crippen molar-refractivity contribution in [2.45, 2.75) is 6.42 Å². The van der Waals surface area contributed by atoms with E-state index in [0.29, 0.717) is 19.0 Å². The highest BCUT2D eigenvalue weighted by Gasteiger charge is 2.04. The third-order valence-corrected chi connectivity index (χ3v) is 3.00. The maximum absolute atomic E-state index is 5.58. The average molecular weight is 253 g/mol. The Morgan fingerprint density at radius 2 is 1.79 bits per heavy atom. The van der Waals surface area contributed by atoms with Crippen molar-refractivity contribution in [3.05, 3.63) is 42.6 Å². The van der Waals surface area contributed by atoms with E-state index in [2.05, 4.69) is 22.1 Å². The molecule has 0 aliphatic rings. The zero-order chi connectivity index (χ0) is 13.1. The van der Waals surface area contributed by atoms with Gasteiger partial charge in [0, 0.05) is 23.0 Å². The number of rotatable bonds is 4. The monoisotopic (exact) mass is 253 g/mol. The minimum atomic E-state index is 0.590. The molecule has 0 unspecified atom stereocenters. The first kappa shape index (κ1) is 11.9. The van der Waals surface area contributed by atoms with Crippen molar-refractivity contribution in [3.8, 4) is 5.88 Å². The molecule has 4 heteroatoms. The van der Waals surface area contributed by atoms with Crippen LogP contribution in [0.25, 0.3) is 21.8 Å². The fourth-order valence-corrected chi connectivity index (χ4v) is 2.05. The molecule has 0 spiro atoms. The fourth-order valence-electron chi connectivity index (χ4n) is 2.05. The Morgan fingerprint density at radius 3 is 2.63 bits per heavy atom. The topological polar surface area (TPSA) is 61.0 Å². The Kier molecular flexibility index (Phi) is 3.25. The Labute approximate surface area is 111 Å². The van der Waals surface area contributed by atoms with E-state index in [1.54, 1.807) is 6.20 Å². The lowest BCUT2D eigenvalue weighted by atomic mass is 10.1. The predicted octanol–water partition coefficient (Wildman–Crippen LogP) is 2.51. The van der Waals surface area contributed by atoms with Crippen molar-refractivity contribution in [2.75, 3.05) is 13.2 Å². The van der Waals surface area contributed by atoms with Gasteiger partial charge in [0.1, 0.15) is 5.52 Å². The van der Waals surface area contributed by atoms with Gasteiger partial charge in [-0.2, -0.15) is 0 Å². The summed E-state index contributed by atoms with van der Waals surface area (Å²) in [6.45, 7) is 1.21.